The second-order valence-electron chi connectivity index (χ2n) is 4.47. The van der Waals surface area contributed by atoms with E-state index in [4.69, 9.17) is 5.11 Å². The third-order valence-electron chi connectivity index (χ3n) is 2.92. The van der Waals surface area contributed by atoms with Gasteiger partial charge < -0.3 is 10.4 Å². The van der Waals surface area contributed by atoms with E-state index in [-0.39, 0.29) is 12.3 Å². The summed E-state index contributed by atoms with van der Waals surface area (Å²) in [6.07, 6.45) is 4.18. The molecule has 0 spiro atoms. The van der Waals surface area contributed by atoms with Gasteiger partial charge >= 0.3 is 5.97 Å². The molecule has 106 valence electrons. The zero-order valence-corrected chi connectivity index (χ0v) is 11.5. The van der Waals surface area contributed by atoms with Crippen LogP contribution in [0.4, 0.5) is 0 Å². The zero-order chi connectivity index (χ0) is 14.3. The third kappa shape index (κ3) is 4.73. The van der Waals surface area contributed by atoms with Crippen molar-refractivity contribution in [2.45, 2.75) is 46.1 Å². The van der Waals surface area contributed by atoms with Crippen LogP contribution in [0.25, 0.3) is 0 Å². The summed E-state index contributed by atoms with van der Waals surface area (Å²) in [6, 6.07) is 0. The van der Waals surface area contributed by atoms with Crippen molar-refractivity contribution in [3.63, 3.8) is 0 Å². The molecule has 1 aromatic rings. The smallest absolute Gasteiger partial charge is 0.303 e. The van der Waals surface area contributed by atoms with Gasteiger partial charge in [0.15, 0.2) is 0 Å². The lowest BCUT2D eigenvalue weighted by Crippen LogP contribution is -2.25. The van der Waals surface area contributed by atoms with Gasteiger partial charge in [0.05, 0.1) is 11.8 Å². The second-order valence-corrected chi connectivity index (χ2v) is 4.47. The van der Waals surface area contributed by atoms with Gasteiger partial charge in [0.1, 0.15) is 0 Å². The molecule has 0 saturated heterocycles. The van der Waals surface area contributed by atoms with Gasteiger partial charge in [-0.1, -0.05) is 13.3 Å². The molecule has 19 heavy (non-hydrogen) atoms. The minimum atomic E-state index is -0.849. The van der Waals surface area contributed by atoms with Gasteiger partial charge in [-0.3, -0.25) is 14.3 Å². The van der Waals surface area contributed by atoms with E-state index in [1.807, 2.05) is 11.6 Å². The largest absolute Gasteiger partial charge is 0.481 e. The van der Waals surface area contributed by atoms with Crippen LogP contribution in [0.5, 0.6) is 0 Å². The molecule has 6 heteroatoms. The van der Waals surface area contributed by atoms with Gasteiger partial charge in [0, 0.05) is 25.2 Å². The average Bonchev–Trinajstić information content (AvgIpc) is 2.73. The highest BCUT2D eigenvalue weighted by Gasteiger charge is 2.13. The van der Waals surface area contributed by atoms with Crippen molar-refractivity contribution in [3.05, 3.63) is 17.5 Å². The number of aryl methyl sites for hydroxylation is 1. The minimum absolute atomic E-state index is 0.0645. The van der Waals surface area contributed by atoms with Crippen molar-refractivity contribution in [3.8, 4) is 0 Å². The summed E-state index contributed by atoms with van der Waals surface area (Å²) in [5.74, 6) is -1.04. The molecular weight excluding hydrogens is 246 g/mol. The Bertz CT molecular complexity index is 440. The normalized spacial score (nSPS) is 10.4. The van der Waals surface area contributed by atoms with Crippen LogP contribution in [-0.2, 0) is 11.3 Å². The Morgan fingerprint density at radius 3 is 2.79 bits per heavy atom. The number of nitrogens with one attached hydrogen (secondary N) is 1. The van der Waals surface area contributed by atoms with Gasteiger partial charge in [-0.05, 0) is 19.8 Å². The van der Waals surface area contributed by atoms with Crippen molar-refractivity contribution in [2.24, 2.45) is 0 Å². The SMILES string of the molecule is CCCCn1ncc(C(=O)NCCCC(=O)O)c1C. The highest BCUT2D eigenvalue weighted by atomic mass is 16.4. The number of aromatic nitrogens is 2. The third-order valence-corrected chi connectivity index (χ3v) is 2.92. The number of unbranched alkanes of at least 4 members (excludes halogenated alkanes) is 1. The van der Waals surface area contributed by atoms with Crippen LogP contribution in [0.1, 0.15) is 48.7 Å². The van der Waals surface area contributed by atoms with Crippen LogP contribution in [0.15, 0.2) is 6.20 Å². The van der Waals surface area contributed by atoms with E-state index in [9.17, 15) is 9.59 Å². The van der Waals surface area contributed by atoms with Crippen LogP contribution in [0, 0.1) is 6.92 Å². The lowest BCUT2D eigenvalue weighted by molar-refractivity contribution is -0.137. The summed E-state index contributed by atoms with van der Waals surface area (Å²) in [4.78, 5) is 22.2. The molecule has 1 heterocycles. The van der Waals surface area contributed by atoms with Crippen LogP contribution < -0.4 is 5.32 Å². The van der Waals surface area contributed by atoms with Crippen LogP contribution >= 0.6 is 0 Å². The number of aliphatic carboxylic acids is 1. The van der Waals surface area contributed by atoms with Crippen LogP contribution in [0.3, 0.4) is 0 Å². The fourth-order valence-corrected chi connectivity index (χ4v) is 1.74. The molecule has 0 unspecified atom stereocenters. The van der Waals surface area contributed by atoms with Gasteiger partial charge in [0.25, 0.3) is 5.91 Å². The van der Waals surface area contributed by atoms with Crippen molar-refractivity contribution in [1.29, 1.82) is 0 Å². The molecule has 0 aromatic carbocycles. The van der Waals surface area contributed by atoms with E-state index < -0.39 is 5.97 Å². The standard InChI is InChI=1S/C13H21N3O3/c1-3-4-8-16-10(2)11(9-15-16)13(19)14-7-5-6-12(17)18/h9H,3-8H2,1-2H3,(H,14,19)(H,17,18). The Morgan fingerprint density at radius 2 is 2.16 bits per heavy atom. The Hall–Kier alpha value is -1.85. The number of carboxylic acids is 1. The number of hydrogen-bond donors (Lipinski definition) is 2. The van der Waals surface area contributed by atoms with Gasteiger partial charge in [-0.2, -0.15) is 5.10 Å². The number of rotatable bonds is 8. The first-order chi connectivity index (χ1) is 9.06. The van der Waals surface area contributed by atoms with E-state index in [0.29, 0.717) is 18.5 Å². The average molecular weight is 267 g/mol. The molecule has 0 radical (unpaired) electrons. The molecule has 2 N–H and O–H groups in total. The number of amides is 1. The van der Waals surface area contributed by atoms with E-state index in [0.717, 1.165) is 25.1 Å². The second kappa shape index (κ2) is 7.56. The van der Waals surface area contributed by atoms with Crippen molar-refractivity contribution < 1.29 is 14.7 Å². The molecule has 1 aromatic heterocycles. The Balaban J connectivity index is 2.48. The van der Waals surface area contributed by atoms with E-state index in [1.54, 1.807) is 6.20 Å². The van der Waals surface area contributed by atoms with Crippen molar-refractivity contribution >= 4 is 11.9 Å². The lowest BCUT2D eigenvalue weighted by Gasteiger charge is -2.05. The predicted octanol–water partition coefficient (Wildman–Crippen LogP) is 1.59. The fraction of sp³-hybridized carbons (Fsp3) is 0.615. The maximum absolute atomic E-state index is 11.9. The Morgan fingerprint density at radius 1 is 1.42 bits per heavy atom. The van der Waals surface area contributed by atoms with Crippen molar-refractivity contribution in [1.82, 2.24) is 15.1 Å². The van der Waals surface area contributed by atoms with E-state index in [1.165, 1.54) is 0 Å². The molecule has 0 saturated carbocycles. The molecule has 0 aliphatic carbocycles. The molecule has 1 amide bonds. The molecule has 0 fully saturated rings. The first kappa shape index (κ1) is 15.2. The monoisotopic (exact) mass is 267 g/mol. The highest BCUT2D eigenvalue weighted by molar-refractivity contribution is 5.95. The number of hydrogen-bond acceptors (Lipinski definition) is 3. The quantitative estimate of drug-likeness (QED) is 0.700. The molecule has 0 aliphatic rings. The van der Waals surface area contributed by atoms with Gasteiger partial charge in [-0.25, -0.2) is 0 Å². The van der Waals surface area contributed by atoms with Crippen LogP contribution in [0.2, 0.25) is 0 Å². The zero-order valence-electron chi connectivity index (χ0n) is 11.5. The van der Waals surface area contributed by atoms with Crippen LogP contribution in [-0.4, -0.2) is 33.3 Å². The first-order valence-corrected chi connectivity index (χ1v) is 6.58. The minimum Gasteiger partial charge on any atom is -0.481 e. The summed E-state index contributed by atoms with van der Waals surface area (Å²) in [5, 5.41) is 15.4. The number of carboxylic acid groups (broad SMARTS) is 1. The van der Waals surface area contributed by atoms with E-state index >= 15 is 0 Å². The topological polar surface area (TPSA) is 84.2 Å². The first-order valence-electron chi connectivity index (χ1n) is 6.58. The lowest BCUT2D eigenvalue weighted by atomic mass is 10.2. The number of carbonyl (C=O) groups excluding carboxylic acids is 1. The summed E-state index contributed by atoms with van der Waals surface area (Å²) < 4.78 is 1.83. The molecular formula is C13H21N3O3. The number of carbonyl (C=O) groups is 2. The van der Waals surface area contributed by atoms with Crippen molar-refractivity contribution in [2.75, 3.05) is 6.54 Å². The number of nitrogens with zero attached hydrogens (tertiary/aromatic N) is 2. The van der Waals surface area contributed by atoms with E-state index in [2.05, 4.69) is 17.3 Å². The Kier molecular flexibility index (Phi) is 6.05. The summed E-state index contributed by atoms with van der Waals surface area (Å²) >= 11 is 0. The van der Waals surface area contributed by atoms with Gasteiger partial charge in [0.2, 0.25) is 0 Å². The summed E-state index contributed by atoms with van der Waals surface area (Å²) in [6.45, 7) is 5.16. The Labute approximate surface area is 112 Å². The van der Waals surface area contributed by atoms with Gasteiger partial charge in [-0.15, -0.1) is 0 Å². The highest BCUT2D eigenvalue weighted by Crippen LogP contribution is 2.08. The fourth-order valence-electron chi connectivity index (χ4n) is 1.74. The molecule has 0 bridgehead atoms. The molecule has 0 atom stereocenters. The maximum atomic E-state index is 11.9. The summed E-state index contributed by atoms with van der Waals surface area (Å²) in [5.41, 5.74) is 1.41. The molecule has 0 aliphatic heterocycles. The predicted molar refractivity (Wildman–Crippen MR) is 71.1 cm³/mol. The maximum Gasteiger partial charge on any atom is 0.303 e. The summed E-state index contributed by atoms with van der Waals surface area (Å²) in [7, 11) is 0. The molecule has 6 nitrogen and oxygen atoms in total. The molecule has 1 rings (SSSR count).